The van der Waals surface area contributed by atoms with E-state index >= 15 is 0 Å². The lowest BCUT2D eigenvalue weighted by Gasteiger charge is -2.29. The fourth-order valence-electron chi connectivity index (χ4n) is 2.59. The summed E-state index contributed by atoms with van der Waals surface area (Å²) in [4.78, 5) is 26.4. The topological polar surface area (TPSA) is 68.3 Å². The molecule has 1 amide bonds. The van der Waals surface area contributed by atoms with Crippen LogP contribution in [-0.4, -0.2) is 35.5 Å². The lowest BCUT2D eigenvalue weighted by Crippen LogP contribution is -2.40. The van der Waals surface area contributed by atoms with E-state index in [-0.39, 0.29) is 16.9 Å². The molecule has 0 aliphatic carbocycles. The molecule has 1 heterocycles. The third-order valence-corrected chi connectivity index (χ3v) is 4.46. The van der Waals surface area contributed by atoms with Gasteiger partial charge in [0.1, 0.15) is 0 Å². The summed E-state index contributed by atoms with van der Waals surface area (Å²) < 4.78 is 1.50. The SMILES string of the molecule is CN(CC(C)(C)CN)C(=O)c1ccc(=O)n(Cc2ccccc2Cl)c1. The molecule has 2 aromatic rings. The zero-order chi connectivity index (χ0) is 18.6. The smallest absolute Gasteiger partial charge is 0.255 e. The first-order valence-electron chi connectivity index (χ1n) is 8.13. The van der Waals surface area contributed by atoms with Crippen LogP contribution in [0.3, 0.4) is 0 Å². The summed E-state index contributed by atoms with van der Waals surface area (Å²) in [6.45, 7) is 5.35. The Morgan fingerprint density at radius 1 is 1.24 bits per heavy atom. The number of pyridine rings is 1. The molecule has 134 valence electrons. The van der Waals surface area contributed by atoms with E-state index in [1.54, 1.807) is 30.3 Å². The lowest BCUT2D eigenvalue weighted by atomic mass is 9.93. The monoisotopic (exact) mass is 361 g/mol. The summed E-state index contributed by atoms with van der Waals surface area (Å²) in [7, 11) is 1.74. The molecule has 0 aliphatic rings. The number of benzene rings is 1. The van der Waals surface area contributed by atoms with Crippen molar-refractivity contribution in [3.05, 3.63) is 69.1 Å². The quantitative estimate of drug-likeness (QED) is 0.859. The van der Waals surface area contributed by atoms with Gasteiger partial charge in [-0.3, -0.25) is 9.59 Å². The molecule has 0 spiro atoms. The van der Waals surface area contributed by atoms with Crippen molar-refractivity contribution in [1.29, 1.82) is 0 Å². The van der Waals surface area contributed by atoms with E-state index < -0.39 is 0 Å². The third-order valence-electron chi connectivity index (χ3n) is 4.09. The standard InChI is InChI=1S/C19H24ClN3O2/c1-19(2,12-21)13-22(3)18(25)15-8-9-17(24)23(11-15)10-14-6-4-5-7-16(14)20/h4-9,11H,10,12-13,21H2,1-3H3. The number of amides is 1. The molecule has 2 N–H and O–H groups in total. The van der Waals surface area contributed by atoms with Gasteiger partial charge < -0.3 is 15.2 Å². The maximum atomic E-state index is 12.7. The zero-order valence-electron chi connectivity index (χ0n) is 14.8. The number of carbonyl (C=O) groups is 1. The molecule has 0 atom stereocenters. The van der Waals surface area contributed by atoms with Crippen LogP contribution < -0.4 is 11.3 Å². The first-order chi connectivity index (χ1) is 11.7. The van der Waals surface area contributed by atoms with Crippen molar-refractivity contribution in [2.24, 2.45) is 11.1 Å². The van der Waals surface area contributed by atoms with E-state index in [2.05, 4.69) is 0 Å². The van der Waals surface area contributed by atoms with Crippen LogP contribution in [-0.2, 0) is 6.54 Å². The van der Waals surface area contributed by atoms with Crippen molar-refractivity contribution in [1.82, 2.24) is 9.47 Å². The van der Waals surface area contributed by atoms with Gasteiger partial charge in [0.2, 0.25) is 0 Å². The molecule has 0 radical (unpaired) electrons. The van der Waals surface area contributed by atoms with Gasteiger partial charge in [0.25, 0.3) is 11.5 Å². The second kappa shape index (κ2) is 7.85. The Kier molecular flexibility index (Phi) is 6.03. The van der Waals surface area contributed by atoms with E-state index in [1.807, 2.05) is 32.0 Å². The Bertz CT molecular complexity index is 814. The third kappa shape index (κ3) is 4.94. The molecule has 0 saturated carbocycles. The molecule has 0 fully saturated rings. The van der Waals surface area contributed by atoms with Crippen LogP contribution in [0.4, 0.5) is 0 Å². The van der Waals surface area contributed by atoms with Crippen LogP contribution >= 0.6 is 11.6 Å². The van der Waals surface area contributed by atoms with Crippen LogP contribution in [0.1, 0.15) is 29.8 Å². The number of carbonyl (C=O) groups excluding carboxylic acids is 1. The van der Waals surface area contributed by atoms with Crippen molar-refractivity contribution in [2.75, 3.05) is 20.1 Å². The van der Waals surface area contributed by atoms with E-state index in [1.165, 1.54) is 10.6 Å². The van der Waals surface area contributed by atoms with Crippen molar-refractivity contribution >= 4 is 17.5 Å². The molecule has 6 heteroatoms. The molecule has 5 nitrogen and oxygen atoms in total. The molecule has 0 unspecified atom stereocenters. The van der Waals surface area contributed by atoms with E-state index in [0.29, 0.717) is 30.2 Å². The number of halogens is 1. The highest BCUT2D eigenvalue weighted by molar-refractivity contribution is 6.31. The van der Waals surface area contributed by atoms with Gasteiger partial charge in [0.15, 0.2) is 0 Å². The van der Waals surface area contributed by atoms with Gasteiger partial charge >= 0.3 is 0 Å². The van der Waals surface area contributed by atoms with Crippen LogP contribution in [0.25, 0.3) is 0 Å². The number of rotatable bonds is 6. The zero-order valence-corrected chi connectivity index (χ0v) is 15.6. The maximum absolute atomic E-state index is 12.7. The average Bonchev–Trinajstić information content (AvgIpc) is 2.57. The molecular formula is C19H24ClN3O2. The summed E-state index contributed by atoms with van der Waals surface area (Å²) >= 11 is 6.17. The van der Waals surface area contributed by atoms with Gasteiger partial charge in [0.05, 0.1) is 12.1 Å². The molecule has 1 aromatic heterocycles. The molecule has 1 aromatic carbocycles. The Labute approximate surface area is 153 Å². The normalized spacial score (nSPS) is 11.4. The van der Waals surface area contributed by atoms with Crippen molar-refractivity contribution < 1.29 is 4.79 Å². The van der Waals surface area contributed by atoms with Crippen LogP contribution in [0.2, 0.25) is 5.02 Å². The van der Waals surface area contributed by atoms with Gasteiger partial charge in [-0.2, -0.15) is 0 Å². The van der Waals surface area contributed by atoms with Gasteiger partial charge in [-0.05, 0) is 29.7 Å². The average molecular weight is 362 g/mol. The summed E-state index contributed by atoms with van der Waals surface area (Å²) in [6.07, 6.45) is 1.58. The second-order valence-electron chi connectivity index (χ2n) is 7.00. The van der Waals surface area contributed by atoms with Gasteiger partial charge in [0, 0.05) is 30.9 Å². The van der Waals surface area contributed by atoms with E-state index in [4.69, 9.17) is 17.3 Å². The van der Waals surface area contributed by atoms with E-state index in [9.17, 15) is 9.59 Å². The van der Waals surface area contributed by atoms with Crippen LogP contribution in [0, 0.1) is 5.41 Å². The minimum Gasteiger partial charge on any atom is -0.341 e. The van der Waals surface area contributed by atoms with Gasteiger partial charge in [-0.25, -0.2) is 0 Å². The fraction of sp³-hybridized carbons (Fsp3) is 0.368. The molecule has 0 bridgehead atoms. The summed E-state index contributed by atoms with van der Waals surface area (Å²) in [5, 5.41) is 0.591. The Morgan fingerprint density at radius 2 is 1.92 bits per heavy atom. The largest absolute Gasteiger partial charge is 0.341 e. The van der Waals surface area contributed by atoms with E-state index in [0.717, 1.165) is 5.56 Å². The molecule has 25 heavy (non-hydrogen) atoms. The van der Waals surface area contributed by atoms with Crippen molar-refractivity contribution in [3.63, 3.8) is 0 Å². The van der Waals surface area contributed by atoms with Crippen molar-refractivity contribution in [3.8, 4) is 0 Å². The highest BCUT2D eigenvalue weighted by Gasteiger charge is 2.22. The first kappa shape index (κ1) is 19.2. The number of hydrogen-bond donors (Lipinski definition) is 1. The first-order valence-corrected chi connectivity index (χ1v) is 8.51. The van der Waals surface area contributed by atoms with Crippen molar-refractivity contribution in [2.45, 2.75) is 20.4 Å². The lowest BCUT2D eigenvalue weighted by molar-refractivity contribution is 0.0739. The minimum atomic E-state index is -0.179. The number of aromatic nitrogens is 1. The predicted molar refractivity (Wildman–Crippen MR) is 101 cm³/mol. The number of hydrogen-bond acceptors (Lipinski definition) is 3. The highest BCUT2D eigenvalue weighted by atomic mass is 35.5. The Morgan fingerprint density at radius 3 is 2.56 bits per heavy atom. The molecule has 0 aliphatic heterocycles. The summed E-state index contributed by atoms with van der Waals surface area (Å²) in [5.41, 5.74) is 6.68. The number of nitrogens with zero attached hydrogens (tertiary/aromatic N) is 2. The van der Waals surface area contributed by atoms with Gasteiger partial charge in [-0.15, -0.1) is 0 Å². The maximum Gasteiger partial charge on any atom is 0.255 e. The number of nitrogens with two attached hydrogens (primary N) is 1. The van der Waals surface area contributed by atoms with Crippen LogP contribution in [0.15, 0.2) is 47.4 Å². The molecule has 0 saturated heterocycles. The predicted octanol–water partition coefficient (Wildman–Crippen LogP) is 2.61. The summed E-state index contributed by atoms with van der Waals surface area (Å²) in [6, 6.07) is 10.3. The van der Waals surface area contributed by atoms with Gasteiger partial charge in [-0.1, -0.05) is 43.6 Å². The second-order valence-corrected chi connectivity index (χ2v) is 7.41. The fourth-order valence-corrected chi connectivity index (χ4v) is 2.79. The highest BCUT2D eigenvalue weighted by Crippen LogP contribution is 2.17. The Balaban J connectivity index is 2.25. The summed E-state index contributed by atoms with van der Waals surface area (Å²) in [5.74, 6) is -0.144. The molecule has 2 rings (SSSR count). The Hall–Kier alpha value is -2.11. The minimum absolute atomic E-state index is 0.144. The molecular weight excluding hydrogens is 338 g/mol. The van der Waals surface area contributed by atoms with Crippen LogP contribution in [0.5, 0.6) is 0 Å².